The van der Waals surface area contributed by atoms with Crippen molar-refractivity contribution in [1.82, 2.24) is 9.21 Å². The molecule has 0 bridgehead atoms. The smallest absolute Gasteiger partial charge is 0.412 e. The molecular weight excluding hydrogens is 775 g/mol. The topological polar surface area (TPSA) is 146 Å². The lowest BCUT2D eigenvalue weighted by Crippen LogP contribution is -2.51. The minimum Gasteiger partial charge on any atom is -0.489 e. The summed E-state index contributed by atoms with van der Waals surface area (Å²) in [5.41, 5.74) is 3.19. The predicted molar refractivity (Wildman–Crippen MR) is 216 cm³/mol. The molecule has 3 fully saturated rings. The third-order valence-electron chi connectivity index (χ3n) is 11.2. The molecule has 0 spiro atoms. The quantitative estimate of drug-likeness (QED) is 0.136. The molecule has 4 aliphatic rings. The molecule has 3 saturated heterocycles. The number of amides is 1. The Morgan fingerprint density at radius 2 is 1.71 bits per heavy atom. The lowest BCUT2D eigenvalue weighted by Gasteiger charge is -2.34. The number of sulfonamides is 1. The van der Waals surface area contributed by atoms with Crippen LogP contribution in [0.3, 0.4) is 0 Å². The lowest BCUT2D eigenvalue weighted by molar-refractivity contribution is -0.0911. The molecule has 0 saturated carbocycles. The van der Waals surface area contributed by atoms with E-state index in [0.29, 0.717) is 42.4 Å². The number of carbonyl (C=O) groups is 1. The Morgan fingerprint density at radius 3 is 2.47 bits per heavy atom. The Kier molecular flexibility index (Phi) is 11.6. The zero-order valence-electron chi connectivity index (χ0n) is 33.6. The molecule has 0 unspecified atom stereocenters. The molecule has 1 amide bonds. The van der Waals surface area contributed by atoms with Crippen LogP contribution in [0, 0.1) is 23.2 Å². The number of hydrogen-bond acceptors (Lipinski definition) is 11. The van der Waals surface area contributed by atoms with E-state index in [1.807, 2.05) is 80.6 Å². The molecule has 4 aliphatic heterocycles. The largest absolute Gasteiger partial charge is 0.489 e. The minimum absolute atomic E-state index is 0.0116. The van der Waals surface area contributed by atoms with Gasteiger partial charge in [-0.25, -0.2) is 13.2 Å². The number of hydrogen-bond donors (Lipinski definition) is 0. The van der Waals surface area contributed by atoms with E-state index in [1.165, 1.54) is 16.4 Å². The number of fused-ring (bicyclic) bond motifs is 2. The maximum absolute atomic E-state index is 14.4. The van der Waals surface area contributed by atoms with E-state index >= 15 is 0 Å². The molecule has 310 valence electrons. The summed E-state index contributed by atoms with van der Waals surface area (Å²) in [6.45, 7) is 8.88. The summed E-state index contributed by atoms with van der Waals surface area (Å²) < 4.78 is 71.5. The Labute approximate surface area is 345 Å². The van der Waals surface area contributed by atoms with E-state index in [4.69, 9.17) is 33.2 Å². The molecule has 4 aromatic carbocycles. The Bertz CT molecular complexity index is 2290. The van der Waals surface area contributed by atoms with Gasteiger partial charge in [-0.3, -0.25) is 4.90 Å². The zero-order chi connectivity index (χ0) is 41.3. The van der Waals surface area contributed by atoms with Crippen LogP contribution in [0.4, 0.5) is 4.79 Å². The number of nitrogens with zero attached hydrogens (tertiary/aromatic N) is 3. The molecule has 14 heteroatoms. The molecule has 0 radical (unpaired) electrons. The Hall–Kier alpha value is -5.17. The van der Waals surface area contributed by atoms with Gasteiger partial charge in [0.05, 0.1) is 47.8 Å². The second kappa shape index (κ2) is 16.8. The van der Waals surface area contributed by atoms with Crippen LogP contribution in [0.25, 0.3) is 11.1 Å². The molecule has 8 rings (SSSR count). The highest BCUT2D eigenvalue weighted by Crippen LogP contribution is 2.40. The first kappa shape index (κ1) is 40.6. The number of rotatable bonds is 13. The monoisotopic (exact) mass is 823 g/mol. The van der Waals surface area contributed by atoms with Crippen LogP contribution in [-0.2, 0) is 42.0 Å². The molecule has 13 nitrogen and oxygen atoms in total. The number of nitriles is 1. The van der Waals surface area contributed by atoms with E-state index in [1.54, 1.807) is 30.9 Å². The summed E-state index contributed by atoms with van der Waals surface area (Å²) in [7, 11) is -4.04. The first-order chi connectivity index (χ1) is 28.4. The van der Waals surface area contributed by atoms with Crippen LogP contribution in [0.1, 0.15) is 50.8 Å². The summed E-state index contributed by atoms with van der Waals surface area (Å²) in [6.07, 6.45) is -1.06. The van der Waals surface area contributed by atoms with E-state index in [2.05, 4.69) is 6.07 Å². The molecule has 4 heterocycles. The van der Waals surface area contributed by atoms with Crippen molar-refractivity contribution in [3.05, 3.63) is 108 Å². The van der Waals surface area contributed by atoms with Crippen LogP contribution in [0.5, 0.6) is 17.2 Å². The van der Waals surface area contributed by atoms with Crippen molar-refractivity contribution < 1.29 is 46.4 Å². The lowest BCUT2D eigenvalue weighted by atomic mass is 9.99. The van der Waals surface area contributed by atoms with Gasteiger partial charge in [0.15, 0.2) is 17.8 Å². The molecule has 0 N–H and O–H groups in total. The summed E-state index contributed by atoms with van der Waals surface area (Å²) in [4.78, 5) is 16.0. The van der Waals surface area contributed by atoms with Crippen molar-refractivity contribution in [2.45, 2.75) is 82.3 Å². The summed E-state index contributed by atoms with van der Waals surface area (Å²) in [6, 6.07) is 29.4. The fourth-order valence-corrected chi connectivity index (χ4v) is 9.98. The molecule has 0 aromatic heterocycles. The minimum atomic E-state index is -4.04. The van der Waals surface area contributed by atoms with Gasteiger partial charge in [0.1, 0.15) is 24.2 Å². The number of ether oxygens (including phenoxy) is 7. The van der Waals surface area contributed by atoms with Gasteiger partial charge in [0, 0.05) is 19.2 Å². The second-order valence-corrected chi connectivity index (χ2v) is 18.1. The molecular formula is C45H49N3O10S. The second-order valence-electron chi connectivity index (χ2n) is 16.2. The Morgan fingerprint density at radius 1 is 0.966 bits per heavy atom. The number of carbonyl (C=O) groups excluding carboxylic acids is 1. The van der Waals surface area contributed by atoms with Crippen molar-refractivity contribution in [2.75, 3.05) is 33.1 Å². The van der Waals surface area contributed by atoms with Gasteiger partial charge < -0.3 is 33.2 Å². The normalized spacial score (nSPS) is 23.1. The first-order valence-corrected chi connectivity index (χ1v) is 21.4. The third kappa shape index (κ3) is 8.62. The van der Waals surface area contributed by atoms with Gasteiger partial charge in [0.25, 0.3) is 0 Å². The van der Waals surface area contributed by atoms with Gasteiger partial charge in [-0.15, -0.1) is 0 Å². The van der Waals surface area contributed by atoms with Gasteiger partial charge >= 0.3 is 6.09 Å². The highest BCUT2D eigenvalue weighted by atomic mass is 32.2. The number of benzene rings is 4. The van der Waals surface area contributed by atoms with Crippen LogP contribution in [-0.4, -0.2) is 87.1 Å². The molecule has 59 heavy (non-hydrogen) atoms. The van der Waals surface area contributed by atoms with Crippen molar-refractivity contribution in [3.8, 4) is 34.4 Å². The van der Waals surface area contributed by atoms with Crippen LogP contribution >= 0.6 is 0 Å². The van der Waals surface area contributed by atoms with Gasteiger partial charge in [-0.05, 0) is 85.2 Å². The average molecular weight is 824 g/mol. The average Bonchev–Trinajstić information content (AvgIpc) is 4.02. The fraction of sp³-hybridized carbons (Fsp3) is 0.422. The van der Waals surface area contributed by atoms with Gasteiger partial charge in [0.2, 0.25) is 16.8 Å². The van der Waals surface area contributed by atoms with Crippen LogP contribution in [0.2, 0.25) is 0 Å². The summed E-state index contributed by atoms with van der Waals surface area (Å²) in [5.74, 6) is 1.45. The molecule has 4 aromatic rings. The highest BCUT2D eigenvalue weighted by Gasteiger charge is 2.53. The predicted octanol–water partition coefficient (Wildman–Crippen LogP) is 7.13. The maximum Gasteiger partial charge on any atom is 0.412 e. The van der Waals surface area contributed by atoms with Crippen molar-refractivity contribution in [3.63, 3.8) is 0 Å². The van der Waals surface area contributed by atoms with Gasteiger partial charge in [-0.1, -0.05) is 68.4 Å². The third-order valence-corrected chi connectivity index (χ3v) is 13.1. The van der Waals surface area contributed by atoms with E-state index < -0.39 is 46.4 Å². The van der Waals surface area contributed by atoms with Crippen molar-refractivity contribution in [1.29, 1.82) is 5.26 Å². The van der Waals surface area contributed by atoms with Crippen LogP contribution in [0.15, 0.2) is 95.9 Å². The van der Waals surface area contributed by atoms with E-state index in [0.717, 1.165) is 28.7 Å². The van der Waals surface area contributed by atoms with E-state index in [-0.39, 0.29) is 43.2 Å². The maximum atomic E-state index is 14.4. The summed E-state index contributed by atoms with van der Waals surface area (Å²) >= 11 is 0. The molecule has 5 atom stereocenters. The van der Waals surface area contributed by atoms with Gasteiger partial charge in [-0.2, -0.15) is 9.57 Å². The van der Waals surface area contributed by atoms with Crippen molar-refractivity contribution >= 4 is 16.1 Å². The Balaban J connectivity index is 1.02. The van der Waals surface area contributed by atoms with Crippen LogP contribution < -0.4 is 14.2 Å². The van der Waals surface area contributed by atoms with Crippen molar-refractivity contribution in [2.24, 2.45) is 11.8 Å². The van der Waals surface area contributed by atoms with E-state index in [9.17, 15) is 18.5 Å². The first-order valence-electron chi connectivity index (χ1n) is 20.0. The highest BCUT2D eigenvalue weighted by molar-refractivity contribution is 7.89. The summed E-state index contributed by atoms with van der Waals surface area (Å²) in [5, 5.41) is 9.51. The molecule has 0 aliphatic carbocycles. The fourth-order valence-electron chi connectivity index (χ4n) is 8.35. The zero-order valence-corrected chi connectivity index (χ0v) is 34.4. The SMILES string of the molecule is CC(C)CN(C[C@H]1OC(C)(C)N(C(=O)O[C@H]2CO[C@H]3OCC[C@H]32)[C@H]1Cc1ccc(OCc2ccc(-c3ccccc3C#N)cc2)cc1)S(=O)(=O)c1ccc2c(c1)OCO2. The standard InChI is InChI=1S/C45H49N3O10S/c1-29(2)24-47(59(50,51)35-17-18-39-40(22-35)56-28-55-39)25-41-38(48(45(3,4)58-41)44(49)57-42-27-54-43-37(42)19-20-52-43)21-30-11-15-34(16-12-30)53-26-31-9-13-32(14-10-31)36-8-6-5-7-33(36)23-46/h5-18,22,29,37-38,41-43H,19-21,24-28H2,1-4H3/t37-,38-,41+,42-,43+/m0/s1.